The third kappa shape index (κ3) is 4.25. The van der Waals surface area contributed by atoms with Crippen LogP contribution in [0, 0.1) is 0 Å². The summed E-state index contributed by atoms with van der Waals surface area (Å²) in [5, 5.41) is 5.40. The fourth-order valence-corrected chi connectivity index (χ4v) is 4.55. The number of methoxy groups -OCH3 is 1. The van der Waals surface area contributed by atoms with Crippen LogP contribution in [0.4, 0.5) is 11.4 Å². The lowest BCUT2D eigenvalue weighted by Gasteiger charge is -2.20. The van der Waals surface area contributed by atoms with Gasteiger partial charge in [-0.05, 0) is 55.0 Å². The van der Waals surface area contributed by atoms with Gasteiger partial charge in [0.05, 0.1) is 24.5 Å². The Balaban J connectivity index is 1.76. The van der Waals surface area contributed by atoms with Gasteiger partial charge in [-0.25, -0.2) is 8.42 Å². The van der Waals surface area contributed by atoms with E-state index in [2.05, 4.69) is 10.6 Å². The van der Waals surface area contributed by atoms with E-state index in [1.54, 1.807) is 51.3 Å². The number of anilines is 2. The molecule has 9 heteroatoms. The number of sulfonamides is 1. The Morgan fingerprint density at radius 3 is 2.52 bits per heavy atom. The van der Waals surface area contributed by atoms with Gasteiger partial charge in [-0.15, -0.1) is 0 Å². The molecule has 154 valence electrons. The Labute approximate surface area is 169 Å². The summed E-state index contributed by atoms with van der Waals surface area (Å²) in [6.07, 6.45) is 0. The first-order chi connectivity index (χ1) is 13.8. The minimum Gasteiger partial charge on any atom is -0.497 e. The van der Waals surface area contributed by atoms with E-state index in [9.17, 15) is 18.0 Å². The Morgan fingerprint density at radius 1 is 1.21 bits per heavy atom. The van der Waals surface area contributed by atoms with Gasteiger partial charge in [0.2, 0.25) is 21.8 Å². The van der Waals surface area contributed by atoms with E-state index in [0.717, 1.165) is 4.31 Å². The summed E-state index contributed by atoms with van der Waals surface area (Å²) in [6, 6.07) is 11.3. The molecule has 0 radical (unpaired) electrons. The lowest BCUT2D eigenvalue weighted by Crippen LogP contribution is -2.37. The first-order valence-electron chi connectivity index (χ1n) is 9.15. The highest BCUT2D eigenvalue weighted by atomic mass is 32.2. The molecule has 3 rings (SSSR count). The van der Waals surface area contributed by atoms with Crippen LogP contribution >= 0.6 is 0 Å². The molecule has 2 N–H and O–H groups in total. The summed E-state index contributed by atoms with van der Waals surface area (Å²) >= 11 is 0. The van der Waals surface area contributed by atoms with Crippen molar-refractivity contribution < 1.29 is 22.7 Å². The number of nitrogens with zero attached hydrogens (tertiary/aromatic N) is 1. The topological polar surface area (TPSA) is 105 Å². The third-order valence-corrected chi connectivity index (χ3v) is 6.74. The van der Waals surface area contributed by atoms with Crippen LogP contribution in [0.1, 0.15) is 25.3 Å². The molecular weight excluding hydrogens is 394 g/mol. The molecule has 1 aliphatic rings. The quantitative estimate of drug-likeness (QED) is 0.720. The van der Waals surface area contributed by atoms with Crippen molar-refractivity contribution in [1.29, 1.82) is 0 Å². The zero-order valence-electron chi connectivity index (χ0n) is 16.4. The first kappa shape index (κ1) is 20.8. The first-order valence-corrected chi connectivity index (χ1v) is 10.6. The SMILES string of the molecule is CCN(CC(=O)Nc1ccc(OC)cc1)S(=O)(=O)c1ccc2c(c1)[C@@H](C)C(=O)N2. The van der Waals surface area contributed by atoms with Crippen LogP contribution in [0.15, 0.2) is 47.4 Å². The molecule has 0 bridgehead atoms. The second-order valence-electron chi connectivity index (χ2n) is 6.67. The average Bonchev–Trinajstić information content (AvgIpc) is 3.00. The molecule has 29 heavy (non-hydrogen) atoms. The Hall–Kier alpha value is -2.91. The van der Waals surface area contributed by atoms with E-state index in [0.29, 0.717) is 22.7 Å². The minimum atomic E-state index is -3.90. The number of likely N-dealkylation sites (N-methyl/N-ethyl adjacent to an activating group) is 1. The summed E-state index contributed by atoms with van der Waals surface area (Å²) in [5.41, 5.74) is 1.79. The Bertz CT molecular complexity index is 1030. The van der Waals surface area contributed by atoms with Gasteiger partial charge in [0.25, 0.3) is 0 Å². The molecule has 1 heterocycles. The molecule has 0 fully saturated rings. The van der Waals surface area contributed by atoms with E-state index in [1.165, 1.54) is 12.1 Å². The van der Waals surface area contributed by atoms with Crippen LogP contribution in [-0.4, -0.2) is 44.7 Å². The number of ether oxygens (including phenoxy) is 1. The van der Waals surface area contributed by atoms with Crippen molar-refractivity contribution in [2.45, 2.75) is 24.7 Å². The van der Waals surface area contributed by atoms with Crippen LogP contribution in [0.2, 0.25) is 0 Å². The molecule has 0 saturated heterocycles. The predicted octanol–water partition coefficient (Wildman–Crippen LogP) is 2.40. The number of carbonyl (C=O) groups is 2. The summed E-state index contributed by atoms with van der Waals surface area (Å²) < 4.78 is 32.3. The number of hydrogen-bond acceptors (Lipinski definition) is 5. The number of hydrogen-bond donors (Lipinski definition) is 2. The molecular formula is C20H23N3O5S. The molecule has 0 saturated carbocycles. The smallest absolute Gasteiger partial charge is 0.243 e. The highest BCUT2D eigenvalue weighted by molar-refractivity contribution is 7.89. The number of nitrogens with one attached hydrogen (secondary N) is 2. The highest BCUT2D eigenvalue weighted by Gasteiger charge is 2.31. The number of rotatable bonds is 7. The molecule has 2 aromatic rings. The Morgan fingerprint density at radius 2 is 1.90 bits per heavy atom. The molecule has 0 aliphatic carbocycles. The second-order valence-corrected chi connectivity index (χ2v) is 8.61. The fourth-order valence-electron chi connectivity index (χ4n) is 3.11. The molecule has 2 aromatic carbocycles. The summed E-state index contributed by atoms with van der Waals surface area (Å²) in [4.78, 5) is 24.3. The number of carbonyl (C=O) groups excluding carboxylic acids is 2. The molecule has 2 amide bonds. The molecule has 1 aliphatic heterocycles. The van der Waals surface area contributed by atoms with Gasteiger partial charge in [-0.2, -0.15) is 4.31 Å². The molecule has 8 nitrogen and oxygen atoms in total. The van der Waals surface area contributed by atoms with E-state index < -0.39 is 21.8 Å². The molecule has 0 unspecified atom stereocenters. The predicted molar refractivity (Wildman–Crippen MR) is 110 cm³/mol. The maximum absolute atomic E-state index is 13.0. The van der Waals surface area contributed by atoms with Crippen molar-refractivity contribution in [2.75, 3.05) is 30.8 Å². The fraction of sp³-hybridized carbons (Fsp3) is 0.300. The highest BCUT2D eigenvalue weighted by Crippen LogP contribution is 2.34. The lowest BCUT2D eigenvalue weighted by atomic mass is 10.0. The van der Waals surface area contributed by atoms with Gasteiger partial charge >= 0.3 is 0 Å². The maximum Gasteiger partial charge on any atom is 0.243 e. The van der Waals surface area contributed by atoms with Crippen LogP contribution in [0.3, 0.4) is 0 Å². The largest absolute Gasteiger partial charge is 0.497 e. The van der Waals surface area contributed by atoms with Gasteiger partial charge < -0.3 is 15.4 Å². The standard InChI is InChI=1S/C20H23N3O5S/c1-4-23(12-19(24)21-14-5-7-15(28-3)8-6-14)29(26,27)16-9-10-18-17(11-16)13(2)20(25)22-18/h5-11,13H,4,12H2,1-3H3,(H,21,24)(H,22,25)/t13-/m1/s1. The molecule has 0 aromatic heterocycles. The van der Waals surface area contributed by atoms with Crippen LogP contribution < -0.4 is 15.4 Å². The van der Waals surface area contributed by atoms with E-state index in [-0.39, 0.29) is 23.9 Å². The summed E-state index contributed by atoms with van der Waals surface area (Å²) in [5.74, 6) is -0.388. The van der Waals surface area contributed by atoms with Crippen molar-refractivity contribution in [1.82, 2.24) is 4.31 Å². The number of benzene rings is 2. The average molecular weight is 417 g/mol. The molecule has 1 atom stereocenters. The zero-order chi connectivity index (χ0) is 21.2. The number of amides is 2. The van der Waals surface area contributed by atoms with Crippen molar-refractivity contribution in [3.63, 3.8) is 0 Å². The van der Waals surface area contributed by atoms with Crippen molar-refractivity contribution in [3.8, 4) is 5.75 Å². The van der Waals surface area contributed by atoms with Gasteiger partial charge in [0, 0.05) is 17.9 Å². The molecule has 0 spiro atoms. The van der Waals surface area contributed by atoms with Crippen LogP contribution in [-0.2, 0) is 19.6 Å². The van der Waals surface area contributed by atoms with Gasteiger partial charge in [-0.3, -0.25) is 9.59 Å². The number of fused-ring (bicyclic) bond motifs is 1. The second kappa shape index (κ2) is 8.22. The third-order valence-electron chi connectivity index (χ3n) is 4.82. The van der Waals surface area contributed by atoms with E-state index in [4.69, 9.17) is 4.74 Å². The maximum atomic E-state index is 13.0. The van der Waals surface area contributed by atoms with Crippen molar-refractivity contribution in [3.05, 3.63) is 48.0 Å². The normalized spacial score (nSPS) is 15.7. The summed E-state index contributed by atoms with van der Waals surface area (Å²) in [7, 11) is -2.35. The zero-order valence-corrected chi connectivity index (χ0v) is 17.2. The van der Waals surface area contributed by atoms with Crippen molar-refractivity contribution in [2.24, 2.45) is 0 Å². The summed E-state index contributed by atoms with van der Waals surface area (Å²) in [6.45, 7) is 3.19. The van der Waals surface area contributed by atoms with Gasteiger partial charge in [0.15, 0.2) is 0 Å². The lowest BCUT2D eigenvalue weighted by molar-refractivity contribution is -0.117. The van der Waals surface area contributed by atoms with Crippen LogP contribution in [0.25, 0.3) is 0 Å². The van der Waals surface area contributed by atoms with Gasteiger partial charge in [0.1, 0.15) is 5.75 Å². The Kier molecular flexibility index (Phi) is 5.90. The van der Waals surface area contributed by atoms with Crippen molar-refractivity contribution >= 4 is 33.2 Å². The monoisotopic (exact) mass is 417 g/mol. The van der Waals surface area contributed by atoms with E-state index in [1.807, 2.05) is 0 Å². The van der Waals surface area contributed by atoms with E-state index >= 15 is 0 Å². The van der Waals surface area contributed by atoms with Gasteiger partial charge in [-0.1, -0.05) is 6.92 Å². The van der Waals surface area contributed by atoms with Crippen LogP contribution in [0.5, 0.6) is 5.75 Å². The minimum absolute atomic E-state index is 0.0543.